The molecule has 2 heterocycles. The van der Waals surface area contributed by atoms with E-state index in [9.17, 15) is 19.2 Å². The highest BCUT2D eigenvalue weighted by Gasteiger charge is 2.38. The fraction of sp³-hybridized carbons (Fsp3) is 0.778. The van der Waals surface area contributed by atoms with Crippen LogP contribution in [0.5, 0.6) is 0 Å². The Morgan fingerprint density at radius 3 is 2.73 bits per heavy atom. The number of carbonyl (C=O) groups is 4. The maximum atomic E-state index is 12.9. The molecule has 0 aliphatic carbocycles. The van der Waals surface area contributed by atoms with Crippen LogP contribution >= 0.6 is 0 Å². The first kappa shape index (κ1) is 20.2. The van der Waals surface area contributed by atoms with Crippen LogP contribution in [0.25, 0.3) is 0 Å². The average molecular weight is 366 g/mol. The summed E-state index contributed by atoms with van der Waals surface area (Å²) in [6.07, 6.45) is 4.51. The molecule has 4 N–H and O–H groups in total. The van der Waals surface area contributed by atoms with E-state index in [1.54, 1.807) is 0 Å². The minimum Gasteiger partial charge on any atom is -0.368 e. The molecule has 2 fully saturated rings. The molecule has 4 amide bonds. The molecule has 2 unspecified atom stereocenters. The van der Waals surface area contributed by atoms with Crippen LogP contribution in [0, 0.1) is 5.92 Å². The van der Waals surface area contributed by atoms with Gasteiger partial charge in [0.1, 0.15) is 18.1 Å². The molecule has 0 radical (unpaired) electrons. The lowest BCUT2D eigenvalue weighted by Gasteiger charge is -2.32. The summed E-state index contributed by atoms with van der Waals surface area (Å²) in [5.74, 6) is -1.24. The van der Waals surface area contributed by atoms with Crippen molar-refractivity contribution in [2.45, 2.75) is 76.9 Å². The number of nitrogens with one attached hydrogen (secondary N) is 2. The molecule has 2 rings (SSSR count). The van der Waals surface area contributed by atoms with Crippen molar-refractivity contribution in [1.29, 1.82) is 0 Å². The lowest BCUT2D eigenvalue weighted by Crippen LogP contribution is -2.58. The van der Waals surface area contributed by atoms with Gasteiger partial charge in [0.05, 0.1) is 0 Å². The summed E-state index contributed by atoms with van der Waals surface area (Å²) in [5, 5.41) is 5.52. The van der Waals surface area contributed by atoms with Crippen molar-refractivity contribution in [3.8, 4) is 0 Å². The van der Waals surface area contributed by atoms with Crippen molar-refractivity contribution in [3.05, 3.63) is 0 Å². The van der Waals surface area contributed by atoms with E-state index in [1.165, 1.54) is 4.90 Å². The third kappa shape index (κ3) is 4.74. The van der Waals surface area contributed by atoms with Crippen molar-refractivity contribution >= 4 is 23.6 Å². The molecule has 0 bridgehead atoms. The lowest BCUT2D eigenvalue weighted by molar-refractivity contribution is -0.141. The van der Waals surface area contributed by atoms with Crippen LogP contribution in [0.3, 0.4) is 0 Å². The number of amides is 4. The number of piperidine rings is 1. The number of primary amides is 1. The van der Waals surface area contributed by atoms with E-state index in [1.807, 2.05) is 13.8 Å². The molecular weight excluding hydrogens is 336 g/mol. The second-order valence-corrected chi connectivity index (χ2v) is 7.36. The smallest absolute Gasteiger partial charge is 0.245 e. The number of unbranched alkanes of at least 4 members (excludes halogenated alkanes) is 1. The Morgan fingerprint density at radius 2 is 2.08 bits per heavy atom. The van der Waals surface area contributed by atoms with Gasteiger partial charge in [-0.3, -0.25) is 19.2 Å². The predicted molar refractivity (Wildman–Crippen MR) is 95.7 cm³/mol. The van der Waals surface area contributed by atoms with Crippen molar-refractivity contribution in [2.75, 3.05) is 6.54 Å². The number of hydrogen-bond acceptors (Lipinski definition) is 4. The van der Waals surface area contributed by atoms with E-state index in [0.717, 1.165) is 19.3 Å². The van der Waals surface area contributed by atoms with Gasteiger partial charge in [-0.25, -0.2) is 0 Å². The zero-order valence-corrected chi connectivity index (χ0v) is 15.6. The summed E-state index contributed by atoms with van der Waals surface area (Å²) in [6.45, 7) is 4.40. The van der Waals surface area contributed by atoms with Gasteiger partial charge in [0.25, 0.3) is 0 Å². The molecule has 0 saturated carbocycles. The van der Waals surface area contributed by atoms with Gasteiger partial charge in [-0.05, 0) is 31.6 Å². The Hall–Kier alpha value is -2.12. The molecule has 0 aromatic rings. The first-order chi connectivity index (χ1) is 12.3. The standard InChI is InChI=1S/C18H30N4O4/c1-3-4-6-12(18(26)22-10-5-7-13(22)16(19)24)20-17(25)15-11(2)8-9-14(23)21-15/h11-13,15H,3-10H2,1-2H3,(H2,19,24)(H,20,25)(H,21,23)/t11?,12-,13-,15?/m0/s1. The van der Waals surface area contributed by atoms with Crippen LogP contribution in [0.4, 0.5) is 0 Å². The molecule has 2 aliphatic rings. The molecule has 146 valence electrons. The molecule has 2 saturated heterocycles. The summed E-state index contributed by atoms with van der Waals surface area (Å²) in [6, 6.07) is -1.93. The fourth-order valence-electron chi connectivity index (χ4n) is 3.69. The van der Waals surface area contributed by atoms with E-state index in [2.05, 4.69) is 10.6 Å². The predicted octanol–water partition coefficient (Wildman–Crippen LogP) is 0.0524. The Balaban J connectivity index is 2.08. The van der Waals surface area contributed by atoms with E-state index in [0.29, 0.717) is 32.2 Å². The molecular formula is C18H30N4O4. The SMILES string of the molecule is CCCC[C@H](NC(=O)C1NC(=O)CCC1C)C(=O)N1CCC[C@H]1C(N)=O. The van der Waals surface area contributed by atoms with Gasteiger partial charge in [-0.15, -0.1) is 0 Å². The Bertz CT molecular complexity index is 565. The first-order valence-electron chi connectivity index (χ1n) is 9.54. The van der Waals surface area contributed by atoms with Crippen molar-refractivity contribution in [1.82, 2.24) is 15.5 Å². The van der Waals surface area contributed by atoms with Gasteiger partial charge in [-0.2, -0.15) is 0 Å². The molecule has 0 aromatic carbocycles. The molecule has 0 aromatic heterocycles. The maximum Gasteiger partial charge on any atom is 0.245 e. The van der Waals surface area contributed by atoms with Crippen LogP contribution in [0.2, 0.25) is 0 Å². The summed E-state index contributed by atoms with van der Waals surface area (Å²) < 4.78 is 0. The molecule has 2 aliphatic heterocycles. The zero-order chi connectivity index (χ0) is 19.3. The van der Waals surface area contributed by atoms with Crippen LogP contribution in [-0.4, -0.2) is 53.2 Å². The quantitative estimate of drug-likeness (QED) is 0.589. The summed E-state index contributed by atoms with van der Waals surface area (Å²) in [5.41, 5.74) is 5.41. The monoisotopic (exact) mass is 366 g/mol. The van der Waals surface area contributed by atoms with Crippen LogP contribution in [-0.2, 0) is 19.2 Å². The summed E-state index contributed by atoms with van der Waals surface area (Å²) in [7, 11) is 0. The first-order valence-corrected chi connectivity index (χ1v) is 9.54. The van der Waals surface area contributed by atoms with E-state index in [-0.39, 0.29) is 23.6 Å². The third-order valence-corrected chi connectivity index (χ3v) is 5.32. The number of rotatable bonds is 7. The van der Waals surface area contributed by atoms with Crippen molar-refractivity contribution in [3.63, 3.8) is 0 Å². The van der Waals surface area contributed by atoms with E-state index in [4.69, 9.17) is 5.73 Å². The highest BCUT2D eigenvalue weighted by Crippen LogP contribution is 2.20. The number of hydrogen-bond donors (Lipinski definition) is 3. The van der Waals surface area contributed by atoms with Gasteiger partial charge in [-0.1, -0.05) is 26.7 Å². The number of carbonyl (C=O) groups excluding carboxylic acids is 4. The fourth-order valence-corrected chi connectivity index (χ4v) is 3.69. The molecule has 26 heavy (non-hydrogen) atoms. The molecule has 8 heteroatoms. The van der Waals surface area contributed by atoms with Crippen molar-refractivity contribution < 1.29 is 19.2 Å². The van der Waals surface area contributed by atoms with Crippen LogP contribution < -0.4 is 16.4 Å². The zero-order valence-electron chi connectivity index (χ0n) is 15.6. The average Bonchev–Trinajstić information content (AvgIpc) is 3.09. The highest BCUT2D eigenvalue weighted by molar-refractivity contribution is 5.94. The van der Waals surface area contributed by atoms with Crippen LogP contribution in [0.1, 0.15) is 58.8 Å². The van der Waals surface area contributed by atoms with Gasteiger partial charge in [0.2, 0.25) is 23.6 Å². The van der Waals surface area contributed by atoms with Crippen LogP contribution in [0.15, 0.2) is 0 Å². The second-order valence-electron chi connectivity index (χ2n) is 7.36. The maximum absolute atomic E-state index is 12.9. The van der Waals surface area contributed by atoms with Gasteiger partial charge < -0.3 is 21.3 Å². The Morgan fingerprint density at radius 1 is 1.35 bits per heavy atom. The molecule has 8 nitrogen and oxygen atoms in total. The minimum atomic E-state index is -0.701. The largest absolute Gasteiger partial charge is 0.368 e. The Labute approximate surface area is 154 Å². The molecule has 4 atom stereocenters. The number of nitrogens with two attached hydrogens (primary N) is 1. The minimum absolute atomic E-state index is 0.0137. The van der Waals surface area contributed by atoms with E-state index >= 15 is 0 Å². The van der Waals surface area contributed by atoms with Gasteiger partial charge >= 0.3 is 0 Å². The Kier molecular flexibility index (Phi) is 6.99. The lowest BCUT2D eigenvalue weighted by atomic mass is 9.91. The molecule has 0 spiro atoms. The number of likely N-dealkylation sites (tertiary alicyclic amines) is 1. The summed E-state index contributed by atoms with van der Waals surface area (Å²) in [4.78, 5) is 50.3. The summed E-state index contributed by atoms with van der Waals surface area (Å²) >= 11 is 0. The topological polar surface area (TPSA) is 122 Å². The highest BCUT2D eigenvalue weighted by atomic mass is 16.2. The normalized spacial score (nSPS) is 26.9. The second kappa shape index (κ2) is 9.00. The van der Waals surface area contributed by atoms with E-state index < -0.39 is 24.0 Å². The van der Waals surface area contributed by atoms with Crippen molar-refractivity contribution in [2.24, 2.45) is 11.7 Å². The van der Waals surface area contributed by atoms with Gasteiger partial charge in [0.15, 0.2) is 0 Å². The third-order valence-electron chi connectivity index (χ3n) is 5.32. The number of nitrogens with zero attached hydrogens (tertiary/aromatic N) is 1. The van der Waals surface area contributed by atoms with Gasteiger partial charge in [0, 0.05) is 13.0 Å².